The molecule has 0 unspecified atom stereocenters. The number of aryl methyl sites for hydroxylation is 1. The number of nitrogens with zero attached hydrogens (tertiary/aromatic N) is 6. The molecule has 2 aromatic heterocycles. The molecule has 2 aliphatic heterocycles. The summed E-state index contributed by atoms with van der Waals surface area (Å²) in [6.45, 7) is 6.38. The lowest BCUT2D eigenvalue weighted by Gasteiger charge is -2.36. The Labute approximate surface area is 433 Å². The number of carbonyl (C=O) groups excluding carboxylic acids is 7. The molecule has 2 aliphatic carbocycles. The summed E-state index contributed by atoms with van der Waals surface area (Å²) in [4.78, 5) is 105. The minimum Gasteiger partial charge on any atom is -0.478 e. The smallest absolute Gasteiger partial charge is 0.333 e. The number of anilines is 2. The van der Waals surface area contributed by atoms with E-state index in [9.17, 15) is 33.6 Å². The van der Waals surface area contributed by atoms with E-state index in [4.69, 9.17) is 12.3 Å². The van der Waals surface area contributed by atoms with Gasteiger partial charge in [0.1, 0.15) is 5.82 Å². The lowest BCUT2D eigenvalue weighted by molar-refractivity contribution is -0.197. The highest BCUT2D eigenvalue weighted by molar-refractivity contribution is 8.77. The number of piperazine rings is 1. The summed E-state index contributed by atoms with van der Waals surface area (Å²) >= 11 is 0. The monoisotopic (exact) mass is 1040 g/mol. The molecule has 0 radical (unpaired) electrons. The van der Waals surface area contributed by atoms with Crippen molar-refractivity contribution in [2.45, 2.75) is 95.2 Å². The van der Waals surface area contributed by atoms with Crippen molar-refractivity contribution >= 4 is 80.1 Å². The van der Waals surface area contributed by atoms with Gasteiger partial charge >= 0.3 is 5.97 Å². The number of rotatable bonds is 21. The van der Waals surface area contributed by atoms with Crippen LogP contribution in [0.3, 0.4) is 0 Å². The lowest BCUT2D eigenvalue weighted by atomic mass is 9.94. The molecule has 3 fully saturated rings. The van der Waals surface area contributed by atoms with Crippen LogP contribution in [0.15, 0.2) is 84.2 Å². The fourth-order valence-corrected chi connectivity index (χ4v) is 11.0. The summed E-state index contributed by atoms with van der Waals surface area (Å²) in [6, 6.07) is 18.2. The highest BCUT2D eigenvalue weighted by atomic mass is 33.1. The first-order chi connectivity index (χ1) is 36.0. The van der Waals surface area contributed by atoms with Crippen molar-refractivity contribution in [3.8, 4) is 5.88 Å². The largest absolute Gasteiger partial charge is 0.478 e. The molecule has 0 spiro atoms. The van der Waals surface area contributed by atoms with E-state index in [2.05, 4.69) is 36.0 Å². The minimum atomic E-state index is -1.75. The third-order valence-corrected chi connectivity index (χ3v) is 15.7. The average Bonchev–Trinajstić information content (AvgIpc) is 3.90. The first-order valence-corrected chi connectivity index (χ1v) is 26.5. The molecule has 2 atom stereocenters. The molecule has 1 saturated carbocycles. The van der Waals surface area contributed by atoms with Gasteiger partial charge in [-0.05, 0) is 106 Å². The number of amides is 6. The van der Waals surface area contributed by atoms with Gasteiger partial charge in [0.25, 0.3) is 17.7 Å². The number of pyridine rings is 2. The van der Waals surface area contributed by atoms with Gasteiger partial charge in [-0.3, -0.25) is 33.8 Å². The van der Waals surface area contributed by atoms with Crippen LogP contribution in [0.25, 0.3) is 0 Å². The van der Waals surface area contributed by atoms with Crippen molar-refractivity contribution in [3.05, 3.63) is 113 Å². The fourth-order valence-electron chi connectivity index (χ4n) is 8.48. The first-order valence-electron chi connectivity index (χ1n) is 25.2. The minimum absolute atomic E-state index is 0.0305. The van der Waals surface area contributed by atoms with E-state index < -0.39 is 52.5 Å². The molecule has 4 aliphatic rings. The lowest BCUT2D eigenvalue weighted by Crippen LogP contribution is -2.48. The van der Waals surface area contributed by atoms with Crippen LogP contribution in [0.2, 0.25) is 0 Å². The molecule has 3 N–H and O–H groups in total. The zero-order chi connectivity index (χ0) is 53.3. The second kappa shape index (κ2) is 24.2. The third kappa shape index (κ3) is 14.4. The zero-order valence-electron chi connectivity index (χ0n) is 42.5. The topological polar surface area (TPSA) is 222 Å². The summed E-state index contributed by atoms with van der Waals surface area (Å²) in [7, 11) is 3.10. The van der Waals surface area contributed by atoms with Gasteiger partial charge in [-0.25, -0.2) is 19.6 Å². The van der Waals surface area contributed by atoms with Crippen LogP contribution < -0.4 is 25.7 Å². The number of hydroxylamine groups is 2. The van der Waals surface area contributed by atoms with E-state index in [1.165, 1.54) is 18.3 Å². The normalized spacial score (nSPS) is 19.1. The molecule has 6 amide bonds. The van der Waals surface area contributed by atoms with Crippen molar-refractivity contribution < 1.29 is 50.3 Å². The van der Waals surface area contributed by atoms with Crippen molar-refractivity contribution in [1.82, 2.24) is 30.7 Å². The molecular weight excluding hydrogens is 978 g/mol. The molecule has 2 aromatic carbocycles. The van der Waals surface area contributed by atoms with Gasteiger partial charge in [-0.1, -0.05) is 33.7 Å². The third-order valence-electron chi connectivity index (χ3n) is 12.4. The van der Waals surface area contributed by atoms with Gasteiger partial charge in [0.05, 0.1) is 24.4 Å². The van der Waals surface area contributed by atoms with Crippen LogP contribution in [0, 0.1) is 11.7 Å². The second-order valence-electron chi connectivity index (χ2n) is 18.5. The highest BCUT2D eigenvalue weighted by Gasteiger charge is 2.44. The molecule has 384 valence electrons. The number of aromatic nitrogens is 2. The maximum Gasteiger partial charge on any atom is 0.333 e. The predicted molar refractivity (Wildman–Crippen MR) is 274 cm³/mol. The molecule has 4 aromatic rings. The summed E-state index contributed by atoms with van der Waals surface area (Å²) in [6.07, 6.45) is 4.42. The number of halogens is 1. The number of nitrogens with one attached hydrogen (secondary N) is 3. The SMILES string of the molecule is [2H]C1([2H])[C@H](C(=O)Nc2ccc(CNC(=O)c3ccc(N4CCN(C(=O)CCSSC(C)(C)CC(=O)N/N=C5\CCCc6nc(OCCCC(=O)ON7C(=O)CCC7=O)ccc65)CC4)cc3)c(F)c2)[C@H]1c1cccnc1. The maximum absolute atomic E-state index is 15.1. The van der Waals surface area contributed by atoms with Crippen LogP contribution in [0.1, 0.15) is 113 Å². The van der Waals surface area contributed by atoms with Crippen LogP contribution in [-0.2, 0) is 46.6 Å². The van der Waals surface area contributed by atoms with Crippen molar-refractivity contribution in [3.63, 3.8) is 0 Å². The molecule has 0 bridgehead atoms. The zero-order valence-corrected chi connectivity index (χ0v) is 42.2. The average molecular weight is 1040 g/mol. The summed E-state index contributed by atoms with van der Waals surface area (Å²) in [5.74, 6) is -4.09. The number of hydrazone groups is 1. The molecule has 18 nitrogen and oxygen atoms in total. The Morgan fingerprint density at radius 3 is 2.47 bits per heavy atom. The Kier molecular flexibility index (Phi) is 16.5. The van der Waals surface area contributed by atoms with Crippen molar-refractivity contribution in [2.75, 3.05) is 48.8 Å². The number of hydrogen-bond acceptors (Lipinski definition) is 15. The van der Waals surface area contributed by atoms with Crippen LogP contribution >= 0.6 is 21.6 Å². The van der Waals surface area contributed by atoms with Gasteiger partial charge in [0.15, 0.2) is 0 Å². The summed E-state index contributed by atoms with van der Waals surface area (Å²) in [5.41, 5.74) is 7.39. The molecule has 4 heterocycles. The van der Waals surface area contributed by atoms with Crippen molar-refractivity contribution in [2.24, 2.45) is 11.0 Å². The molecule has 21 heteroatoms. The number of ether oxygens (including phenoxy) is 1. The van der Waals surface area contributed by atoms with E-state index in [1.807, 2.05) is 36.9 Å². The van der Waals surface area contributed by atoms with Crippen LogP contribution in [-0.4, -0.2) is 110 Å². The first kappa shape index (κ1) is 49.7. The van der Waals surface area contributed by atoms with Gasteiger partial charge in [-0.15, -0.1) is 5.06 Å². The number of carbonyl (C=O) groups is 7. The predicted octanol–water partition coefficient (Wildman–Crippen LogP) is 6.50. The molecule has 73 heavy (non-hydrogen) atoms. The summed E-state index contributed by atoms with van der Waals surface area (Å²) in [5, 5.41) is 10.3. The van der Waals surface area contributed by atoms with E-state index >= 15 is 4.39 Å². The van der Waals surface area contributed by atoms with E-state index in [1.54, 1.807) is 58.1 Å². The molecule has 2 saturated heterocycles. The molecular formula is C52H58FN9O9S2. The number of imide groups is 1. The van der Waals surface area contributed by atoms with E-state index in [0.717, 1.165) is 35.1 Å². The van der Waals surface area contributed by atoms with Gasteiger partial charge < -0.3 is 30.0 Å². The Balaban J connectivity index is 0.692. The van der Waals surface area contributed by atoms with Crippen LogP contribution in [0.5, 0.6) is 5.88 Å². The molecule has 8 rings (SSSR count). The highest BCUT2D eigenvalue weighted by Crippen LogP contribution is 2.47. The number of hydrogen-bond donors (Lipinski definition) is 3. The number of benzene rings is 2. The number of fused-ring (bicyclic) bond motifs is 1. The van der Waals surface area contributed by atoms with E-state index in [-0.39, 0.29) is 67.8 Å². The van der Waals surface area contributed by atoms with Crippen molar-refractivity contribution in [1.29, 1.82) is 0 Å². The standard InChI is InChI=1S/C52H58FN9O9S2/c1-52(2,30-44(63)59-58-43-8-3-7-42-38(43)16-17-45(57-42)70-26-5-9-49(67)71-62-47(65)18-19-48(62)66)73-72-27-20-46(64)61-24-22-60(23-25-61)37-14-11-33(12-15-37)50(68)55-32-35-10-13-36(28-41(35)53)56-51(69)40-29-39(40)34-6-4-21-54-31-34/h4,6,10-17,21,28,31,39-40H,3,5,7-9,18-20,22-27,29-30,32H2,1-2H3,(H,55,68)(H,56,69)(H,59,63)/b58-43+/t39-,40+/m1/s1/i29D2. The second-order valence-corrected chi connectivity index (χ2v) is 21.6. The Morgan fingerprint density at radius 2 is 1.73 bits per heavy atom. The Hall–Kier alpha value is -6.87. The Morgan fingerprint density at radius 1 is 0.945 bits per heavy atom. The van der Waals surface area contributed by atoms with Gasteiger partial charge in [-0.2, -0.15) is 5.10 Å². The maximum atomic E-state index is 15.1. The van der Waals surface area contributed by atoms with E-state index in [0.29, 0.717) is 79.7 Å². The summed E-state index contributed by atoms with van der Waals surface area (Å²) < 4.78 is 36.9. The fraction of sp³-hybridized carbons (Fsp3) is 0.423. The van der Waals surface area contributed by atoms with Crippen LogP contribution in [0.4, 0.5) is 15.8 Å². The Bertz CT molecular complexity index is 2820. The quantitative estimate of drug-likeness (QED) is 0.0351. The van der Waals surface area contributed by atoms with Gasteiger partial charge in [0, 0.05) is 124 Å². The van der Waals surface area contributed by atoms with Gasteiger partial charge in [0.2, 0.25) is 23.6 Å².